The second-order valence-corrected chi connectivity index (χ2v) is 7.13. The summed E-state index contributed by atoms with van der Waals surface area (Å²) in [6.07, 6.45) is -0.471. The van der Waals surface area contributed by atoms with Gasteiger partial charge in [0, 0.05) is 37.1 Å². The fraction of sp³-hybridized carbons (Fsp3) is 0.474. The Morgan fingerprint density at radius 2 is 1.78 bits per heavy atom. The first-order valence-corrected chi connectivity index (χ1v) is 8.80. The summed E-state index contributed by atoms with van der Waals surface area (Å²) in [6.45, 7) is 2.81. The lowest BCUT2D eigenvalue weighted by molar-refractivity contribution is -0.250. The van der Waals surface area contributed by atoms with E-state index in [4.69, 9.17) is 0 Å². The Labute approximate surface area is 155 Å². The van der Waals surface area contributed by atoms with Crippen LogP contribution >= 0.6 is 0 Å². The summed E-state index contributed by atoms with van der Waals surface area (Å²) in [5.41, 5.74) is -1.25. The third-order valence-corrected chi connectivity index (χ3v) is 5.10. The maximum absolute atomic E-state index is 12.9. The highest BCUT2D eigenvalue weighted by Crippen LogP contribution is 2.34. The SMILES string of the molecule is Cc1ccc(-n2ccnc2C2CCN(C(=O)[C@@](C)(O)C(F)(F)F)CC2)cc1. The molecule has 27 heavy (non-hydrogen) atoms. The van der Waals surface area contributed by atoms with Crippen molar-refractivity contribution in [2.24, 2.45) is 0 Å². The molecule has 0 aliphatic carbocycles. The number of halogens is 3. The summed E-state index contributed by atoms with van der Waals surface area (Å²) in [4.78, 5) is 17.6. The molecule has 2 aromatic rings. The Morgan fingerprint density at radius 3 is 2.33 bits per heavy atom. The quantitative estimate of drug-likeness (QED) is 0.888. The van der Waals surface area contributed by atoms with Crippen molar-refractivity contribution < 1.29 is 23.1 Å². The van der Waals surface area contributed by atoms with Crippen molar-refractivity contribution in [2.45, 2.75) is 44.4 Å². The molecular formula is C19H22F3N3O2. The predicted molar refractivity (Wildman–Crippen MR) is 93.5 cm³/mol. The van der Waals surface area contributed by atoms with Gasteiger partial charge in [-0.25, -0.2) is 4.98 Å². The highest BCUT2D eigenvalue weighted by molar-refractivity contribution is 5.85. The summed E-state index contributed by atoms with van der Waals surface area (Å²) < 4.78 is 40.7. The van der Waals surface area contributed by atoms with Gasteiger partial charge in [-0.3, -0.25) is 4.79 Å². The van der Waals surface area contributed by atoms with Crippen molar-refractivity contribution in [3.63, 3.8) is 0 Å². The summed E-state index contributed by atoms with van der Waals surface area (Å²) in [6, 6.07) is 7.97. The molecule has 3 rings (SSSR count). The summed E-state index contributed by atoms with van der Waals surface area (Å²) in [5.74, 6) is -0.440. The average Bonchev–Trinajstić information content (AvgIpc) is 3.10. The number of likely N-dealkylation sites (tertiary alicyclic amines) is 1. The van der Waals surface area contributed by atoms with E-state index in [1.165, 1.54) is 0 Å². The number of amides is 1. The smallest absolute Gasteiger partial charge is 0.373 e. The van der Waals surface area contributed by atoms with Gasteiger partial charge >= 0.3 is 6.18 Å². The summed E-state index contributed by atoms with van der Waals surface area (Å²) >= 11 is 0. The Balaban J connectivity index is 1.71. The number of hydrogen-bond donors (Lipinski definition) is 1. The zero-order chi connectivity index (χ0) is 19.8. The van der Waals surface area contributed by atoms with Gasteiger partial charge in [-0.2, -0.15) is 13.2 Å². The lowest BCUT2D eigenvalue weighted by Crippen LogP contribution is -2.57. The first-order valence-electron chi connectivity index (χ1n) is 8.80. The number of aryl methyl sites for hydroxylation is 1. The van der Waals surface area contributed by atoms with E-state index in [-0.39, 0.29) is 19.0 Å². The molecule has 8 heteroatoms. The number of piperidine rings is 1. The minimum Gasteiger partial charge on any atom is -0.373 e. The fourth-order valence-corrected chi connectivity index (χ4v) is 3.31. The van der Waals surface area contributed by atoms with Crippen molar-refractivity contribution in [3.05, 3.63) is 48.0 Å². The Morgan fingerprint density at radius 1 is 1.19 bits per heavy atom. The van der Waals surface area contributed by atoms with E-state index in [0.29, 0.717) is 19.8 Å². The average molecular weight is 381 g/mol. The molecule has 1 aliphatic heterocycles. The number of hydrogen-bond acceptors (Lipinski definition) is 3. The zero-order valence-corrected chi connectivity index (χ0v) is 15.2. The van der Waals surface area contributed by atoms with Gasteiger partial charge in [-0.05, 0) is 38.8 Å². The number of carbonyl (C=O) groups is 1. The van der Waals surface area contributed by atoms with Gasteiger partial charge in [0.2, 0.25) is 5.60 Å². The van der Waals surface area contributed by atoms with Gasteiger partial charge in [0.15, 0.2) is 0 Å². The molecule has 1 N–H and O–H groups in total. The number of aliphatic hydroxyl groups is 1. The van der Waals surface area contributed by atoms with Crippen LogP contribution in [0.2, 0.25) is 0 Å². The molecule has 1 aromatic carbocycles. The molecule has 1 atom stereocenters. The van der Waals surface area contributed by atoms with Gasteiger partial charge in [-0.15, -0.1) is 0 Å². The Hall–Kier alpha value is -2.35. The van der Waals surface area contributed by atoms with Crippen molar-refractivity contribution in [2.75, 3.05) is 13.1 Å². The van der Waals surface area contributed by atoms with Gasteiger partial charge in [0.1, 0.15) is 5.82 Å². The van der Waals surface area contributed by atoms with Crippen molar-refractivity contribution >= 4 is 5.91 Å². The Kier molecular flexibility index (Phi) is 5.03. The molecule has 1 aromatic heterocycles. The van der Waals surface area contributed by atoms with E-state index in [9.17, 15) is 23.1 Å². The normalized spacial score (nSPS) is 18.4. The van der Waals surface area contributed by atoms with E-state index in [1.54, 1.807) is 6.20 Å². The van der Waals surface area contributed by atoms with E-state index in [0.717, 1.165) is 22.0 Å². The third kappa shape index (κ3) is 3.71. The lowest BCUT2D eigenvalue weighted by atomic mass is 9.94. The number of aromatic nitrogens is 2. The second-order valence-electron chi connectivity index (χ2n) is 7.13. The molecule has 5 nitrogen and oxygen atoms in total. The van der Waals surface area contributed by atoms with Crippen LogP contribution in [0.5, 0.6) is 0 Å². The van der Waals surface area contributed by atoms with Gasteiger partial charge in [-0.1, -0.05) is 17.7 Å². The second kappa shape index (κ2) is 6.99. The molecule has 146 valence electrons. The molecular weight excluding hydrogens is 359 g/mol. The van der Waals surface area contributed by atoms with Crippen LogP contribution in [0.1, 0.15) is 37.1 Å². The predicted octanol–water partition coefficient (Wildman–Crippen LogP) is 3.20. The maximum atomic E-state index is 12.9. The molecule has 1 saturated heterocycles. The van der Waals surface area contributed by atoms with Crippen molar-refractivity contribution in [1.82, 2.24) is 14.5 Å². The monoisotopic (exact) mass is 381 g/mol. The molecule has 0 saturated carbocycles. The summed E-state index contributed by atoms with van der Waals surface area (Å²) in [7, 11) is 0. The van der Waals surface area contributed by atoms with Crippen molar-refractivity contribution in [3.8, 4) is 5.69 Å². The van der Waals surface area contributed by atoms with E-state index in [1.807, 2.05) is 42.0 Å². The molecule has 1 aliphatic rings. The molecule has 1 fully saturated rings. The molecule has 1 amide bonds. The topological polar surface area (TPSA) is 58.4 Å². The number of benzene rings is 1. The van der Waals surface area contributed by atoms with Crippen LogP contribution in [0, 0.1) is 6.92 Å². The number of rotatable bonds is 3. The van der Waals surface area contributed by atoms with E-state index >= 15 is 0 Å². The molecule has 2 heterocycles. The third-order valence-electron chi connectivity index (χ3n) is 5.10. The molecule has 0 radical (unpaired) electrons. The fourth-order valence-electron chi connectivity index (χ4n) is 3.31. The summed E-state index contributed by atoms with van der Waals surface area (Å²) in [5, 5.41) is 9.60. The first kappa shape index (κ1) is 19.4. The molecule has 0 bridgehead atoms. The molecule has 0 unspecified atom stereocenters. The van der Waals surface area contributed by atoms with E-state index < -0.39 is 17.7 Å². The minimum absolute atomic E-state index is 0.0289. The number of alkyl halides is 3. The standard InChI is InChI=1S/C19H22F3N3O2/c1-13-3-5-15(6-4-13)25-12-9-23-16(25)14-7-10-24(11-8-14)17(26)18(2,27)19(20,21)22/h3-6,9,12,14,27H,7-8,10-11H2,1-2H3/t18-/m1/s1. The van der Waals surface area contributed by atoms with Crippen LogP contribution in [0.25, 0.3) is 5.69 Å². The number of nitrogens with zero attached hydrogens (tertiary/aromatic N) is 3. The highest BCUT2D eigenvalue weighted by Gasteiger charge is 2.57. The lowest BCUT2D eigenvalue weighted by Gasteiger charge is -2.36. The van der Waals surface area contributed by atoms with Gasteiger partial charge in [0.05, 0.1) is 0 Å². The largest absolute Gasteiger partial charge is 0.426 e. The van der Waals surface area contributed by atoms with Gasteiger partial charge in [0.25, 0.3) is 5.91 Å². The van der Waals surface area contributed by atoms with Crippen LogP contribution in [0.4, 0.5) is 13.2 Å². The Bertz CT molecular complexity index is 804. The zero-order valence-electron chi connectivity index (χ0n) is 15.2. The maximum Gasteiger partial charge on any atom is 0.426 e. The van der Waals surface area contributed by atoms with Gasteiger partial charge < -0.3 is 14.6 Å². The van der Waals surface area contributed by atoms with E-state index in [2.05, 4.69) is 4.98 Å². The van der Waals surface area contributed by atoms with Crippen LogP contribution in [0.15, 0.2) is 36.7 Å². The van der Waals surface area contributed by atoms with Crippen LogP contribution < -0.4 is 0 Å². The van der Waals surface area contributed by atoms with Crippen LogP contribution in [-0.4, -0.2) is 50.3 Å². The first-order chi connectivity index (χ1) is 12.6. The number of carbonyl (C=O) groups excluding carboxylic acids is 1. The molecule has 0 spiro atoms. The highest BCUT2D eigenvalue weighted by atomic mass is 19.4. The number of imidazole rings is 1. The van der Waals surface area contributed by atoms with Crippen LogP contribution in [0.3, 0.4) is 0 Å². The minimum atomic E-state index is -5.00. The van der Waals surface area contributed by atoms with Crippen molar-refractivity contribution in [1.29, 1.82) is 0 Å². The van der Waals surface area contributed by atoms with Crippen LogP contribution in [-0.2, 0) is 4.79 Å².